The Balaban J connectivity index is 3.23. The summed E-state index contributed by atoms with van der Waals surface area (Å²) in [5.41, 5.74) is 8.49. The molecule has 2 heteroatoms. The highest BCUT2D eigenvalue weighted by Crippen LogP contribution is 2.29. The van der Waals surface area contributed by atoms with Gasteiger partial charge >= 0.3 is 0 Å². The molecule has 0 atom stereocenters. The lowest BCUT2D eigenvalue weighted by Gasteiger charge is -2.38. The molecule has 0 bridgehead atoms. The number of hydrogen-bond donors (Lipinski definition) is 1. The summed E-state index contributed by atoms with van der Waals surface area (Å²) >= 11 is 0. The molecule has 0 saturated carbocycles. The zero-order valence-corrected chi connectivity index (χ0v) is 12.9. The first-order valence-electron chi connectivity index (χ1n) is 7.60. The van der Waals surface area contributed by atoms with E-state index >= 15 is 0 Å². The number of quaternary nitrogens is 1. The Hall–Kier alpha value is -1.38. The summed E-state index contributed by atoms with van der Waals surface area (Å²) in [6.07, 6.45) is 7.28. The van der Waals surface area contributed by atoms with E-state index in [1.54, 1.807) is 0 Å². The highest BCUT2D eigenvalue weighted by molar-refractivity contribution is 5.51. The molecular formula is C18H29N2+. The smallest absolute Gasteiger partial charge is 0.136 e. The van der Waals surface area contributed by atoms with Gasteiger partial charge in [-0.15, -0.1) is 0 Å². The molecule has 0 spiro atoms. The fourth-order valence-electron chi connectivity index (χ4n) is 2.97. The molecule has 0 amide bonds. The zero-order chi connectivity index (χ0) is 14.8. The average molecular weight is 273 g/mol. The molecule has 0 aromatic heterocycles. The van der Waals surface area contributed by atoms with E-state index in [2.05, 4.69) is 44.3 Å². The Morgan fingerprint density at radius 3 is 2.35 bits per heavy atom. The van der Waals surface area contributed by atoms with Crippen molar-refractivity contribution in [2.75, 3.05) is 26.2 Å². The third-order valence-electron chi connectivity index (χ3n) is 3.76. The quantitative estimate of drug-likeness (QED) is 0.511. The lowest BCUT2D eigenvalue weighted by Crippen LogP contribution is -2.50. The predicted molar refractivity (Wildman–Crippen MR) is 90.9 cm³/mol. The van der Waals surface area contributed by atoms with Crippen LogP contribution in [-0.4, -0.2) is 26.2 Å². The van der Waals surface area contributed by atoms with Gasteiger partial charge in [0.05, 0.1) is 6.54 Å². The van der Waals surface area contributed by atoms with Crippen LogP contribution in [0.3, 0.4) is 0 Å². The summed E-state index contributed by atoms with van der Waals surface area (Å²) in [7, 11) is 0. The highest BCUT2D eigenvalue weighted by Gasteiger charge is 2.29. The molecule has 0 aliphatic rings. The van der Waals surface area contributed by atoms with Crippen molar-refractivity contribution in [2.45, 2.75) is 26.2 Å². The third kappa shape index (κ3) is 4.06. The Morgan fingerprint density at radius 1 is 1.15 bits per heavy atom. The van der Waals surface area contributed by atoms with Gasteiger partial charge in [0.2, 0.25) is 0 Å². The second kappa shape index (κ2) is 8.72. The maximum atomic E-state index is 5.67. The van der Waals surface area contributed by atoms with Crippen LogP contribution in [0, 0.1) is 0 Å². The van der Waals surface area contributed by atoms with Gasteiger partial charge in [-0.2, -0.15) is 0 Å². The summed E-state index contributed by atoms with van der Waals surface area (Å²) in [6, 6.07) is 8.75. The van der Waals surface area contributed by atoms with Crippen LogP contribution in [0.4, 0.5) is 5.69 Å². The van der Waals surface area contributed by atoms with Gasteiger partial charge in [-0.25, -0.2) is 0 Å². The van der Waals surface area contributed by atoms with Crippen LogP contribution in [0.25, 0.3) is 0 Å². The largest absolute Gasteiger partial charge is 0.330 e. The number of rotatable bonds is 10. The number of nitrogens with two attached hydrogens (primary N) is 1. The first-order chi connectivity index (χ1) is 9.74. The van der Waals surface area contributed by atoms with Gasteiger partial charge in [0.15, 0.2) is 0 Å². The number of hydrogen-bond acceptors (Lipinski definition) is 1. The van der Waals surface area contributed by atoms with E-state index in [1.807, 2.05) is 12.2 Å². The van der Waals surface area contributed by atoms with Crippen LogP contribution in [-0.2, 0) is 6.42 Å². The molecule has 0 saturated heterocycles. The standard InChI is InChI=1S/C18H29N2/c1-4-14-20(15-5-2,16-6-3)18-12-8-7-10-17(18)11-9-13-19/h4-5,7-8,10,12H,1-2,6,9,11,13-16,19H2,3H3/q+1. The van der Waals surface area contributed by atoms with Gasteiger partial charge in [-0.05, 0) is 44.0 Å². The van der Waals surface area contributed by atoms with Crippen LogP contribution in [0.5, 0.6) is 0 Å². The van der Waals surface area contributed by atoms with Crippen molar-refractivity contribution in [1.82, 2.24) is 4.48 Å². The minimum atomic E-state index is 0.741. The molecule has 20 heavy (non-hydrogen) atoms. The molecular weight excluding hydrogens is 244 g/mol. The zero-order valence-electron chi connectivity index (χ0n) is 12.9. The van der Waals surface area contributed by atoms with Crippen molar-refractivity contribution in [3.8, 4) is 0 Å². The molecule has 1 rings (SSSR count). The van der Waals surface area contributed by atoms with E-state index in [-0.39, 0.29) is 0 Å². The summed E-state index contributed by atoms with van der Waals surface area (Å²) in [5, 5.41) is 0. The lowest BCUT2D eigenvalue weighted by molar-refractivity contribution is 0.327. The molecule has 0 aliphatic carbocycles. The second-order valence-corrected chi connectivity index (χ2v) is 5.33. The van der Waals surface area contributed by atoms with Crippen molar-refractivity contribution >= 4 is 5.69 Å². The average Bonchev–Trinajstić information content (AvgIpc) is 2.46. The second-order valence-electron chi connectivity index (χ2n) is 5.33. The first kappa shape index (κ1) is 16.7. The Morgan fingerprint density at radius 2 is 1.80 bits per heavy atom. The van der Waals surface area contributed by atoms with Crippen molar-refractivity contribution < 1.29 is 0 Å². The number of nitrogens with zero attached hydrogens (tertiary/aromatic N) is 1. The van der Waals surface area contributed by atoms with Gasteiger partial charge in [-0.1, -0.05) is 38.3 Å². The van der Waals surface area contributed by atoms with E-state index in [9.17, 15) is 0 Å². The van der Waals surface area contributed by atoms with Crippen molar-refractivity contribution in [1.29, 1.82) is 0 Å². The highest BCUT2D eigenvalue weighted by atomic mass is 15.4. The maximum Gasteiger partial charge on any atom is 0.136 e. The van der Waals surface area contributed by atoms with Crippen molar-refractivity contribution in [3.05, 3.63) is 55.1 Å². The third-order valence-corrected chi connectivity index (χ3v) is 3.76. The maximum absolute atomic E-state index is 5.67. The fraction of sp³-hybridized carbons (Fsp3) is 0.444. The first-order valence-corrected chi connectivity index (χ1v) is 7.60. The minimum Gasteiger partial charge on any atom is -0.330 e. The summed E-state index contributed by atoms with van der Waals surface area (Å²) in [4.78, 5) is 0. The van der Waals surface area contributed by atoms with Crippen molar-refractivity contribution in [2.24, 2.45) is 5.73 Å². The molecule has 110 valence electrons. The number of aryl methyl sites for hydroxylation is 1. The monoisotopic (exact) mass is 273 g/mol. The van der Waals surface area contributed by atoms with Crippen molar-refractivity contribution in [3.63, 3.8) is 0 Å². The molecule has 0 radical (unpaired) electrons. The van der Waals surface area contributed by atoms with Crippen LogP contribution < -0.4 is 10.2 Å². The van der Waals surface area contributed by atoms with E-state index in [0.29, 0.717) is 0 Å². The van der Waals surface area contributed by atoms with E-state index < -0.39 is 0 Å². The van der Waals surface area contributed by atoms with Gasteiger partial charge in [-0.3, -0.25) is 4.48 Å². The minimum absolute atomic E-state index is 0.741. The van der Waals surface area contributed by atoms with Crippen LogP contribution in [0.1, 0.15) is 25.3 Å². The van der Waals surface area contributed by atoms with Gasteiger partial charge in [0.1, 0.15) is 18.8 Å². The Kier molecular flexibility index (Phi) is 7.27. The number of benzene rings is 1. The van der Waals surface area contributed by atoms with Gasteiger partial charge in [0.25, 0.3) is 0 Å². The molecule has 2 N–H and O–H groups in total. The molecule has 2 nitrogen and oxygen atoms in total. The molecule has 0 unspecified atom stereocenters. The van der Waals surface area contributed by atoms with E-state index in [4.69, 9.17) is 5.73 Å². The number of para-hydroxylation sites is 1. The Bertz CT molecular complexity index is 413. The summed E-state index contributed by atoms with van der Waals surface area (Å²) in [5.74, 6) is 0. The summed E-state index contributed by atoms with van der Waals surface area (Å²) in [6.45, 7) is 13.9. The molecule has 1 aromatic carbocycles. The van der Waals surface area contributed by atoms with Crippen LogP contribution in [0.2, 0.25) is 0 Å². The Labute approximate surface area is 124 Å². The molecule has 0 fully saturated rings. The van der Waals surface area contributed by atoms with Crippen LogP contribution >= 0.6 is 0 Å². The normalized spacial score (nSPS) is 11.3. The van der Waals surface area contributed by atoms with Gasteiger partial charge in [0, 0.05) is 5.56 Å². The van der Waals surface area contributed by atoms with E-state index in [1.165, 1.54) is 11.3 Å². The van der Waals surface area contributed by atoms with Gasteiger partial charge < -0.3 is 5.73 Å². The fourth-order valence-corrected chi connectivity index (χ4v) is 2.97. The molecule has 0 aliphatic heterocycles. The van der Waals surface area contributed by atoms with E-state index in [0.717, 1.165) is 49.9 Å². The van der Waals surface area contributed by atoms with Crippen LogP contribution in [0.15, 0.2) is 49.6 Å². The molecule has 0 heterocycles. The molecule has 1 aromatic rings. The lowest BCUT2D eigenvalue weighted by atomic mass is 10.0. The SMILES string of the molecule is C=CC[N+](CC=C)(CCC)c1ccccc1CCCN. The topological polar surface area (TPSA) is 26.0 Å². The summed E-state index contributed by atoms with van der Waals surface area (Å²) < 4.78 is 0.921. The predicted octanol–water partition coefficient (Wildman–Crippen LogP) is 3.67.